The van der Waals surface area contributed by atoms with E-state index in [-0.39, 0.29) is 10.6 Å². The van der Waals surface area contributed by atoms with E-state index in [1.165, 1.54) is 18.6 Å². The summed E-state index contributed by atoms with van der Waals surface area (Å²) in [5.74, 6) is 2.82. The van der Waals surface area contributed by atoms with Gasteiger partial charge in [0.2, 0.25) is 5.60 Å². The van der Waals surface area contributed by atoms with Gasteiger partial charge in [-0.05, 0) is 25.0 Å². The lowest BCUT2D eigenvalue weighted by Crippen LogP contribution is -2.35. The van der Waals surface area contributed by atoms with Crippen LogP contribution in [0.5, 0.6) is 0 Å². The van der Waals surface area contributed by atoms with Crippen LogP contribution in [-0.2, 0) is 14.8 Å². The first-order valence-electron chi connectivity index (χ1n) is 8.82. The molecule has 0 N–H and O–H groups in total. The van der Waals surface area contributed by atoms with Crippen molar-refractivity contribution in [1.29, 1.82) is 0 Å². The van der Waals surface area contributed by atoms with Crippen LogP contribution in [0.25, 0.3) is 0 Å². The maximum Gasteiger partial charge on any atom is 0.430 e. The zero-order valence-electron chi connectivity index (χ0n) is 14.9. The summed E-state index contributed by atoms with van der Waals surface area (Å²) >= 11 is 0. The molecule has 2 aliphatic rings. The Labute approximate surface area is 155 Å². The number of carbonyl (C=O) groups is 1. The van der Waals surface area contributed by atoms with Gasteiger partial charge in [-0.3, -0.25) is 0 Å². The van der Waals surface area contributed by atoms with Crippen molar-refractivity contribution in [2.75, 3.05) is 0 Å². The van der Waals surface area contributed by atoms with Crippen molar-refractivity contribution >= 4 is 16.1 Å². The van der Waals surface area contributed by atoms with Gasteiger partial charge in [-0.15, -0.1) is 6.42 Å². The molecule has 0 bridgehead atoms. The normalized spacial score (nSPS) is 24.4. The number of amides is 1. The van der Waals surface area contributed by atoms with Gasteiger partial charge in [0, 0.05) is 6.42 Å². The van der Waals surface area contributed by atoms with Gasteiger partial charge in [0.1, 0.15) is 0 Å². The predicted octanol–water partition coefficient (Wildman–Crippen LogP) is 3.99. The Balaban J connectivity index is 1.92. The lowest BCUT2D eigenvalue weighted by atomic mass is 9.80. The van der Waals surface area contributed by atoms with E-state index < -0.39 is 21.7 Å². The summed E-state index contributed by atoms with van der Waals surface area (Å²) in [6, 6.07) is 6.27. The molecule has 0 radical (unpaired) electrons. The summed E-state index contributed by atoms with van der Waals surface area (Å²) in [6.07, 6.45) is 10.5. The van der Waals surface area contributed by atoms with Gasteiger partial charge in [0.15, 0.2) is 0 Å². The Kier molecular flexibility index (Phi) is 4.85. The minimum Gasteiger partial charge on any atom is -0.423 e. The van der Waals surface area contributed by atoms with Gasteiger partial charge in [-0.2, -0.15) is 4.31 Å². The predicted molar refractivity (Wildman–Crippen MR) is 98.6 cm³/mol. The maximum absolute atomic E-state index is 13.0. The van der Waals surface area contributed by atoms with Crippen LogP contribution in [0.1, 0.15) is 44.1 Å². The standard InChI is InChI=1S/C20H23NO4S/c1-4-20(14-17-8-6-5-7-9-17)16(3)21(19(22)25-20)26(23,24)18-12-10-15(2)11-13-18/h1,10-13,17H,3,5-9,14H2,2H3. The minimum atomic E-state index is -4.11. The summed E-state index contributed by atoms with van der Waals surface area (Å²) in [5.41, 5.74) is -0.463. The molecular weight excluding hydrogens is 350 g/mol. The molecule has 138 valence electrons. The number of benzene rings is 1. The Morgan fingerprint density at radius 3 is 2.46 bits per heavy atom. The average Bonchev–Trinajstić information content (AvgIpc) is 2.87. The first kappa shape index (κ1) is 18.5. The van der Waals surface area contributed by atoms with Gasteiger partial charge in [-0.1, -0.05) is 62.3 Å². The smallest absolute Gasteiger partial charge is 0.423 e. The van der Waals surface area contributed by atoms with Gasteiger partial charge in [0.05, 0.1) is 10.6 Å². The van der Waals surface area contributed by atoms with Crippen LogP contribution in [0, 0.1) is 25.2 Å². The number of cyclic esters (lactones) is 1. The molecule has 1 aromatic rings. The molecule has 3 rings (SSSR count). The monoisotopic (exact) mass is 373 g/mol. The zero-order valence-corrected chi connectivity index (χ0v) is 15.7. The van der Waals surface area contributed by atoms with Crippen LogP contribution in [0.3, 0.4) is 0 Å². The molecule has 1 aromatic carbocycles. The molecule has 1 heterocycles. The Bertz CT molecular complexity index is 860. The maximum atomic E-state index is 13.0. The van der Waals surface area contributed by atoms with Gasteiger partial charge < -0.3 is 4.74 Å². The number of carbonyl (C=O) groups excluding carboxylic acids is 1. The lowest BCUT2D eigenvalue weighted by molar-refractivity contribution is 0.0845. The summed E-state index contributed by atoms with van der Waals surface area (Å²) in [7, 11) is -4.11. The van der Waals surface area contributed by atoms with E-state index in [2.05, 4.69) is 12.5 Å². The van der Waals surface area contributed by atoms with Crippen molar-refractivity contribution in [3.05, 3.63) is 42.1 Å². The Hall–Kier alpha value is -2.26. The van der Waals surface area contributed by atoms with Crippen LogP contribution in [0.2, 0.25) is 0 Å². The second-order valence-corrected chi connectivity index (χ2v) is 8.86. The van der Waals surface area contributed by atoms with Crippen molar-refractivity contribution < 1.29 is 17.9 Å². The van der Waals surface area contributed by atoms with E-state index in [9.17, 15) is 13.2 Å². The number of ether oxygens (including phenoxy) is 1. The van der Waals surface area contributed by atoms with Crippen LogP contribution in [0.4, 0.5) is 4.79 Å². The number of sulfonamides is 1. The number of hydrogen-bond acceptors (Lipinski definition) is 4. The average molecular weight is 373 g/mol. The number of rotatable bonds is 4. The molecule has 26 heavy (non-hydrogen) atoms. The van der Waals surface area contributed by atoms with Crippen molar-refractivity contribution in [2.24, 2.45) is 5.92 Å². The first-order valence-corrected chi connectivity index (χ1v) is 10.3. The van der Waals surface area contributed by atoms with E-state index in [0.717, 1.165) is 31.2 Å². The molecule has 1 atom stereocenters. The molecule has 1 saturated heterocycles. The second kappa shape index (κ2) is 6.81. The third-order valence-electron chi connectivity index (χ3n) is 5.23. The van der Waals surface area contributed by atoms with E-state index in [4.69, 9.17) is 11.2 Å². The van der Waals surface area contributed by atoms with Gasteiger partial charge in [0.25, 0.3) is 10.0 Å². The van der Waals surface area contributed by atoms with Gasteiger partial charge in [-0.25, -0.2) is 13.2 Å². The molecule has 1 aliphatic heterocycles. The molecule has 0 spiro atoms. The van der Waals surface area contributed by atoms with Crippen molar-refractivity contribution in [1.82, 2.24) is 4.31 Å². The fourth-order valence-corrected chi connectivity index (χ4v) is 5.07. The molecule has 1 saturated carbocycles. The Morgan fingerprint density at radius 2 is 1.88 bits per heavy atom. The van der Waals surface area contributed by atoms with E-state index in [1.54, 1.807) is 12.1 Å². The topological polar surface area (TPSA) is 63.7 Å². The van der Waals surface area contributed by atoms with E-state index in [0.29, 0.717) is 16.6 Å². The molecule has 5 nitrogen and oxygen atoms in total. The molecule has 1 amide bonds. The Morgan fingerprint density at radius 1 is 1.27 bits per heavy atom. The van der Waals surface area contributed by atoms with Crippen molar-refractivity contribution in [2.45, 2.75) is 55.9 Å². The van der Waals surface area contributed by atoms with E-state index >= 15 is 0 Å². The fraction of sp³-hybridized carbons (Fsp3) is 0.450. The van der Waals surface area contributed by atoms with Crippen molar-refractivity contribution in [3.63, 3.8) is 0 Å². The van der Waals surface area contributed by atoms with Crippen molar-refractivity contribution in [3.8, 4) is 12.3 Å². The minimum absolute atomic E-state index is 0.00619. The highest BCUT2D eigenvalue weighted by molar-refractivity contribution is 7.89. The van der Waals surface area contributed by atoms with E-state index in [1.807, 2.05) is 6.92 Å². The molecule has 2 fully saturated rings. The number of aryl methyl sites for hydroxylation is 1. The third-order valence-corrected chi connectivity index (χ3v) is 6.95. The largest absolute Gasteiger partial charge is 0.430 e. The fourth-order valence-electron chi connectivity index (χ4n) is 3.71. The quantitative estimate of drug-likeness (QED) is 0.749. The highest BCUT2D eigenvalue weighted by Gasteiger charge is 2.53. The molecule has 0 aromatic heterocycles. The SMILES string of the molecule is C#CC1(CC2CCCCC2)OC(=O)N(S(=O)(=O)c2ccc(C)cc2)C1=C. The molecule has 6 heteroatoms. The summed E-state index contributed by atoms with van der Waals surface area (Å²) in [4.78, 5) is 12.5. The molecule has 1 unspecified atom stereocenters. The van der Waals surface area contributed by atoms with Crippen LogP contribution >= 0.6 is 0 Å². The molecule has 1 aliphatic carbocycles. The third kappa shape index (κ3) is 3.12. The number of hydrogen-bond donors (Lipinski definition) is 0. The summed E-state index contributed by atoms with van der Waals surface area (Å²) < 4.78 is 32.0. The zero-order chi connectivity index (χ0) is 18.9. The number of terminal acetylenes is 1. The number of nitrogens with zero attached hydrogens (tertiary/aromatic N) is 1. The highest BCUT2D eigenvalue weighted by atomic mass is 32.2. The van der Waals surface area contributed by atoms with Crippen LogP contribution in [0.15, 0.2) is 41.4 Å². The van der Waals surface area contributed by atoms with Gasteiger partial charge >= 0.3 is 6.09 Å². The molecular formula is C20H23NO4S. The van der Waals surface area contributed by atoms with Crippen LogP contribution < -0.4 is 0 Å². The summed E-state index contributed by atoms with van der Waals surface area (Å²) in [6.45, 7) is 5.70. The summed E-state index contributed by atoms with van der Waals surface area (Å²) in [5, 5.41) is 0. The first-order chi connectivity index (χ1) is 12.3. The second-order valence-electron chi connectivity index (χ2n) is 7.08. The lowest BCUT2D eigenvalue weighted by Gasteiger charge is -2.29. The highest BCUT2D eigenvalue weighted by Crippen LogP contribution is 2.42. The van der Waals surface area contributed by atoms with Crippen LogP contribution in [-0.4, -0.2) is 24.4 Å².